The van der Waals surface area contributed by atoms with Crippen LogP contribution in [-0.2, 0) is 28.9 Å². The lowest BCUT2D eigenvalue weighted by atomic mass is 9.97. The minimum atomic E-state index is -4.09. The average molecular weight is 509 g/mol. The number of sulfonamides is 1. The van der Waals surface area contributed by atoms with Crippen LogP contribution in [0.1, 0.15) is 38.5 Å². The van der Waals surface area contributed by atoms with Crippen molar-refractivity contribution in [2.75, 3.05) is 18.6 Å². The molecular weight excluding hydrogens is 476 g/mol. The molecule has 9 nitrogen and oxygen atoms in total. The molecule has 2 N–H and O–H groups in total. The average Bonchev–Trinajstić information content (AvgIpc) is 2.84. The molecule has 34 heavy (non-hydrogen) atoms. The Balaban J connectivity index is 1.80. The highest BCUT2D eigenvalue weighted by atomic mass is 32.2. The number of thioether (sulfide) groups is 1. The predicted octanol–water partition coefficient (Wildman–Crippen LogP) is 1.64. The van der Waals surface area contributed by atoms with E-state index in [4.69, 9.17) is 0 Å². The molecule has 11 heteroatoms. The van der Waals surface area contributed by atoms with Crippen molar-refractivity contribution < 1.29 is 13.2 Å². The molecule has 0 unspecified atom stereocenters. The lowest BCUT2D eigenvalue weighted by Crippen LogP contribution is -2.47. The van der Waals surface area contributed by atoms with Crippen molar-refractivity contribution in [3.8, 4) is 0 Å². The minimum absolute atomic E-state index is 0.110. The predicted molar refractivity (Wildman–Crippen MR) is 136 cm³/mol. The van der Waals surface area contributed by atoms with Gasteiger partial charge in [-0.3, -0.25) is 18.7 Å². The number of allylic oxidation sites excluding steroid dienone is 1. The Kier molecular flexibility index (Phi) is 8.78. The van der Waals surface area contributed by atoms with E-state index in [-0.39, 0.29) is 16.2 Å². The Morgan fingerprint density at radius 3 is 2.62 bits per heavy atom. The summed E-state index contributed by atoms with van der Waals surface area (Å²) in [5, 5.41) is 2.98. The molecular formula is C23H32N4O5S2. The van der Waals surface area contributed by atoms with Crippen LogP contribution in [0.15, 0.2) is 44.3 Å². The number of rotatable bonds is 10. The molecule has 186 valence electrons. The zero-order valence-corrected chi connectivity index (χ0v) is 21.4. The Morgan fingerprint density at radius 1 is 1.18 bits per heavy atom. The lowest BCUT2D eigenvalue weighted by molar-refractivity contribution is -0.122. The van der Waals surface area contributed by atoms with Crippen molar-refractivity contribution in [1.82, 2.24) is 19.2 Å². The number of carbonyl (C=O) groups is 1. The first-order valence-electron chi connectivity index (χ1n) is 11.3. The maximum atomic E-state index is 13.1. The molecule has 1 heterocycles. The largest absolute Gasteiger partial charge is 0.354 e. The summed E-state index contributed by atoms with van der Waals surface area (Å²) in [6, 6.07) is 3.08. The first-order valence-corrected chi connectivity index (χ1v) is 14.2. The number of benzene rings is 1. The topological polar surface area (TPSA) is 119 Å². The van der Waals surface area contributed by atoms with E-state index < -0.39 is 27.3 Å². The first kappa shape index (κ1) is 26.2. The zero-order valence-electron chi connectivity index (χ0n) is 19.8. The number of aryl methyl sites for hydroxylation is 1. The van der Waals surface area contributed by atoms with E-state index in [1.807, 2.05) is 6.26 Å². The molecule has 0 saturated heterocycles. The maximum absolute atomic E-state index is 13.1. The third-order valence-electron chi connectivity index (χ3n) is 6.10. The summed E-state index contributed by atoms with van der Waals surface area (Å²) >= 11 is 1.52. The van der Waals surface area contributed by atoms with Crippen LogP contribution in [0.2, 0.25) is 0 Å². The molecule has 0 aliphatic heterocycles. The van der Waals surface area contributed by atoms with Gasteiger partial charge >= 0.3 is 5.69 Å². The van der Waals surface area contributed by atoms with Gasteiger partial charge in [-0.1, -0.05) is 11.6 Å². The van der Waals surface area contributed by atoms with Gasteiger partial charge in [0.15, 0.2) is 0 Å². The zero-order chi connectivity index (χ0) is 24.9. The smallest absolute Gasteiger partial charge is 0.330 e. The number of carbonyl (C=O) groups excluding carboxylic acids is 1. The normalized spacial score (nSPS) is 15.2. The minimum Gasteiger partial charge on any atom is -0.354 e. The second-order valence-electron chi connectivity index (χ2n) is 8.49. The Hall–Kier alpha value is -2.37. The van der Waals surface area contributed by atoms with Crippen LogP contribution < -0.4 is 21.3 Å². The fourth-order valence-corrected chi connectivity index (χ4v) is 5.80. The highest BCUT2D eigenvalue weighted by Crippen LogP contribution is 2.20. The molecule has 1 aliphatic carbocycles. The molecule has 0 spiro atoms. The molecule has 1 aromatic carbocycles. The number of hydrogen-bond donors (Lipinski definition) is 2. The lowest BCUT2D eigenvalue weighted by Gasteiger charge is -2.19. The van der Waals surface area contributed by atoms with E-state index in [9.17, 15) is 22.8 Å². The summed E-state index contributed by atoms with van der Waals surface area (Å²) in [5.74, 6) is 0.236. The Morgan fingerprint density at radius 2 is 1.94 bits per heavy atom. The van der Waals surface area contributed by atoms with Gasteiger partial charge < -0.3 is 5.32 Å². The van der Waals surface area contributed by atoms with Crippen molar-refractivity contribution >= 4 is 38.6 Å². The summed E-state index contributed by atoms with van der Waals surface area (Å²) in [4.78, 5) is 37.4. The third kappa shape index (κ3) is 6.00. The van der Waals surface area contributed by atoms with Crippen LogP contribution in [0.25, 0.3) is 10.9 Å². The first-order chi connectivity index (χ1) is 16.2. The second kappa shape index (κ2) is 11.4. The van der Waals surface area contributed by atoms with E-state index in [1.54, 1.807) is 0 Å². The highest BCUT2D eigenvalue weighted by Gasteiger charge is 2.26. The van der Waals surface area contributed by atoms with Crippen LogP contribution in [-0.4, -0.2) is 48.1 Å². The molecule has 0 fully saturated rings. The quantitative estimate of drug-likeness (QED) is 0.471. The van der Waals surface area contributed by atoms with Crippen LogP contribution in [0.5, 0.6) is 0 Å². The summed E-state index contributed by atoms with van der Waals surface area (Å²) in [5.41, 5.74) is 0.591. The number of nitrogens with zero attached hydrogens (tertiary/aromatic N) is 2. The van der Waals surface area contributed by atoms with Crippen LogP contribution in [0.4, 0.5) is 0 Å². The summed E-state index contributed by atoms with van der Waals surface area (Å²) < 4.78 is 31.0. The summed E-state index contributed by atoms with van der Waals surface area (Å²) in [6.45, 7) is 0.461. The van der Waals surface area contributed by atoms with E-state index in [1.165, 1.54) is 67.0 Å². The molecule has 0 saturated carbocycles. The molecule has 2 aromatic rings. The van der Waals surface area contributed by atoms with Gasteiger partial charge in [0.25, 0.3) is 5.56 Å². The van der Waals surface area contributed by atoms with Gasteiger partial charge in [-0.2, -0.15) is 16.5 Å². The number of aromatic nitrogens is 2. The van der Waals surface area contributed by atoms with Crippen LogP contribution >= 0.6 is 11.8 Å². The summed E-state index contributed by atoms with van der Waals surface area (Å²) in [7, 11) is -1.23. The number of fused-ring (bicyclic) bond motifs is 1. The molecule has 0 radical (unpaired) electrons. The van der Waals surface area contributed by atoms with Gasteiger partial charge in [0.1, 0.15) is 6.04 Å². The SMILES string of the molecule is CSCC[C@H](NS(=O)(=O)c1ccc2c(c1)c(=O)n(C)c(=O)n2C)C(=O)NCCC1=CCCCC1. The standard InChI is InChI=1S/C23H32N4O5S2/c1-26-20-10-9-17(15-18(20)22(29)27(2)23(26)30)34(31,32)25-19(12-14-33-3)21(28)24-13-11-16-7-5-4-6-8-16/h7,9-10,15,19,25H,4-6,8,11-14H2,1-3H3,(H,24,28)/t19-/m0/s1. The van der Waals surface area contributed by atoms with Crippen LogP contribution in [0.3, 0.4) is 0 Å². The van der Waals surface area contributed by atoms with E-state index >= 15 is 0 Å². The van der Waals surface area contributed by atoms with E-state index in [2.05, 4.69) is 16.1 Å². The fourth-order valence-electron chi connectivity index (χ4n) is 4.08. The molecule has 1 amide bonds. The van der Waals surface area contributed by atoms with Crippen LogP contribution in [0, 0.1) is 0 Å². The van der Waals surface area contributed by atoms with Gasteiger partial charge in [-0.15, -0.1) is 0 Å². The van der Waals surface area contributed by atoms with Gasteiger partial charge in [-0.05, 0) is 68.7 Å². The van der Waals surface area contributed by atoms with E-state index in [0.29, 0.717) is 24.2 Å². The van der Waals surface area contributed by atoms with Crippen molar-refractivity contribution in [3.63, 3.8) is 0 Å². The van der Waals surface area contributed by atoms with Gasteiger partial charge in [-0.25, -0.2) is 13.2 Å². The molecule has 3 rings (SSSR count). The van der Waals surface area contributed by atoms with E-state index in [0.717, 1.165) is 23.8 Å². The van der Waals surface area contributed by atoms with Gasteiger partial charge in [0.05, 0.1) is 15.8 Å². The van der Waals surface area contributed by atoms with Crippen molar-refractivity contribution in [1.29, 1.82) is 0 Å². The van der Waals surface area contributed by atoms with Crippen molar-refractivity contribution in [3.05, 3.63) is 50.7 Å². The fraction of sp³-hybridized carbons (Fsp3) is 0.522. The molecule has 1 aliphatic rings. The van der Waals surface area contributed by atoms with Gasteiger partial charge in [0, 0.05) is 20.6 Å². The van der Waals surface area contributed by atoms with Gasteiger partial charge in [0.2, 0.25) is 15.9 Å². The molecule has 1 atom stereocenters. The Bertz CT molecular complexity index is 1310. The third-order valence-corrected chi connectivity index (χ3v) is 8.22. The number of amides is 1. The number of nitrogens with one attached hydrogen (secondary N) is 2. The van der Waals surface area contributed by atoms with Crippen molar-refractivity contribution in [2.24, 2.45) is 14.1 Å². The molecule has 1 aromatic heterocycles. The molecule has 0 bridgehead atoms. The van der Waals surface area contributed by atoms with Crippen molar-refractivity contribution in [2.45, 2.75) is 49.5 Å². The maximum Gasteiger partial charge on any atom is 0.330 e. The number of hydrogen-bond acceptors (Lipinski definition) is 6. The summed E-state index contributed by atoms with van der Waals surface area (Å²) in [6.07, 6.45) is 9.70. The Labute approximate surface area is 203 Å². The monoisotopic (exact) mass is 508 g/mol. The second-order valence-corrected chi connectivity index (χ2v) is 11.2. The highest BCUT2D eigenvalue weighted by molar-refractivity contribution is 7.98.